The number of anilines is 1. The van der Waals surface area contributed by atoms with E-state index in [0.29, 0.717) is 18.5 Å². The van der Waals surface area contributed by atoms with Gasteiger partial charge < -0.3 is 16.0 Å². The molecule has 3 N–H and O–H groups in total. The normalized spacial score (nSPS) is 16.7. The molecule has 134 valence electrons. The van der Waals surface area contributed by atoms with E-state index in [4.69, 9.17) is 5.73 Å². The Morgan fingerprint density at radius 2 is 2.00 bits per heavy atom. The number of guanidine groups is 1. The number of hydrogen-bond donors (Lipinski definition) is 2. The van der Waals surface area contributed by atoms with E-state index in [2.05, 4.69) is 53.1 Å². The molecule has 1 saturated heterocycles. The minimum absolute atomic E-state index is 0.364. The van der Waals surface area contributed by atoms with Crippen molar-refractivity contribution in [3.05, 3.63) is 23.9 Å². The van der Waals surface area contributed by atoms with Crippen LogP contribution in [0, 0.1) is 5.92 Å². The summed E-state index contributed by atoms with van der Waals surface area (Å²) in [6.07, 6.45) is 8.06. The summed E-state index contributed by atoms with van der Waals surface area (Å²) in [5, 5.41) is 3.28. The largest absolute Gasteiger partial charge is 0.370 e. The fraction of sp³-hybridized carbons (Fsp3) is 0.684. The predicted octanol–water partition coefficient (Wildman–Crippen LogP) is 3.30. The lowest BCUT2D eigenvalue weighted by molar-refractivity contribution is 0.493. The highest BCUT2D eigenvalue weighted by atomic mass is 15.2. The lowest BCUT2D eigenvalue weighted by Crippen LogP contribution is -2.38. The maximum atomic E-state index is 5.99. The summed E-state index contributed by atoms with van der Waals surface area (Å²) in [5.74, 6) is 2.36. The molecule has 1 unspecified atom stereocenters. The van der Waals surface area contributed by atoms with E-state index < -0.39 is 0 Å². The topological polar surface area (TPSA) is 66.5 Å². The molecule has 0 radical (unpaired) electrons. The van der Waals surface area contributed by atoms with Gasteiger partial charge in [-0.2, -0.15) is 0 Å². The Bertz CT molecular complexity index is 503. The first kappa shape index (κ1) is 18.6. The second kappa shape index (κ2) is 9.50. The van der Waals surface area contributed by atoms with Crippen LogP contribution in [0.1, 0.15) is 58.4 Å². The minimum Gasteiger partial charge on any atom is -0.370 e. The number of nitrogens with two attached hydrogens (primary N) is 1. The highest BCUT2D eigenvalue weighted by Gasteiger charge is 2.12. The van der Waals surface area contributed by atoms with Gasteiger partial charge in [0.15, 0.2) is 5.96 Å². The van der Waals surface area contributed by atoms with Gasteiger partial charge in [-0.3, -0.25) is 0 Å². The van der Waals surface area contributed by atoms with Gasteiger partial charge in [-0.1, -0.05) is 32.8 Å². The van der Waals surface area contributed by atoms with Gasteiger partial charge in [0.2, 0.25) is 0 Å². The van der Waals surface area contributed by atoms with Crippen LogP contribution in [-0.2, 0) is 6.54 Å². The van der Waals surface area contributed by atoms with Crippen molar-refractivity contribution in [1.29, 1.82) is 0 Å². The van der Waals surface area contributed by atoms with Crippen molar-refractivity contribution >= 4 is 11.8 Å². The van der Waals surface area contributed by atoms with E-state index in [0.717, 1.165) is 36.8 Å². The number of nitrogens with zero attached hydrogens (tertiary/aromatic N) is 3. The van der Waals surface area contributed by atoms with Crippen molar-refractivity contribution in [3.63, 3.8) is 0 Å². The van der Waals surface area contributed by atoms with Crippen LogP contribution in [0.2, 0.25) is 0 Å². The average Bonchev–Trinajstić information content (AvgIpc) is 3.07. The molecule has 5 nitrogen and oxygen atoms in total. The molecule has 0 saturated carbocycles. The summed E-state index contributed by atoms with van der Waals surface area (Å²) in [7, 11) is 0. The molecule has 1 aromatic rings. The van der Waals surface area contributed by atoms with E-state index in [1.54, 1.807) is 0 Å². The Morgan fingerprint density at radius 3 is 2.62 bits per heavy atom. The van der Waals surface area contributed by atoms with E-state index in [1.165, 1.54) is 25.7 Å². The number of pyridine rings is 1. The third kappa shape index (κ3) is 6.38. The number of aromatic nitrogens is 1. The van der Waals surface area contributed by atoms with Gasteiger partial charge in [0.05, 0.1) is 6.54 Å². The van der Waals surface area contributed by atoms with Gasteiger partial charge in [-0.15, -0.1) is 0 Å². The molecule has 1 aliphatic rings. The maximum absolute atomic E-state index is 5.99. The van der Waals surface area contributed by atoms with Crippen LogP contribution in [0.5, 0.6) is 0 Å². The van der Waals surface area contributed by atoms with Gasteiger partial charge in [-0.05, 0) is 43.7 Å². The average molecular weight is 332 g/mol. The van der Waals surface area contributed by atoms with E-state index >= 15 is 0 Å². The molecule has 2 heterocycles. The van der Waals surface area contributed by atoms with Crippen molar-refractivity contribution in [2.45, 2.75) is 65.5 Å². The Balaban J connectivity index is 1.75. The molecule has 0 aliphatic carbocycles. The molecular weight excluding hydrogens is 298 g/mol. The Labute approximate surface area is 146 Å². The van der Waals surface area contributed by atoms with E-state index in [9.17, 15) is 0 Å². The summed E-state index contributed by atoms with van der Waals surface area (Å²) in [6.45, 7) is 9.50. The lowest BCUT2D eigenvalue weighted by atomic mass is 10.0. The quantitative estimate of drug-likeness (QED) is 0.566. The zero-order chi connectivity index (χ0) is 17.4. The van der Waals surface area contributed by atoms with Crippen molar-refractivity contribution in [2.75, 3.05) is 18.0 Å². The van der Waals surface area contributed by atoms with Gasteiger partial charge in [0.25, 0.3) is 0 Å². The molecule has 2 rings (SSSR count). The Morgan fingerprint density at radius 1 is 1.25 bits per heavy atom. The fourth-order valence-corrected chi connectivity index (χ4v) is 3.02. The smallest absolute Gasteiger partial charge is 0.189 e. The maximum Gasteiger partial charge on any atom is 0.189 e. The second-order valence-electron chi connectivity index (χ2n) is 7.29. The Kier molecular flexibility index (Phi) is 7.35. The first-order valence-corrected chi connectivity index (χ1v) is 9.31. The number of nitrogens with one attached hydrogen (secondary N) is 1. The van der Waals surface area contributed by atoms with Crippen molar-refractivity contribution in [3.8, 4) is 0 Å². The van der Waals surface area contributed by atoms with Crippen LogP contribution >= 0.6 is 0 Å². The molecule has 1 fully saturated rings. The monoisotopic (exact) mass is 331 g/mol. The van der Waals surface area contributed by atoms with E-state index in [-0.39, 0.29) is 0 Å². The summed E-state index contributed by atoms with van der Waals surface area (Å²) in [4.78, 5) is 11.3. The van der Waals surface area contributed by atoms with Crippen molar-refractivity contribution in [1.82, 2.24) is 10.3 Å². The van der Waals surface area contributed by atoms with Crippen LogP contribution in [0.25, 0.3) is 0 Å². The molecule has 1 atom stereocenters. The van der Waals surface area contributed by atoms with Gasteiger partial charge in [0, 0.05) is 25.3 Å². The highest BCUT2D eigenvalue weighted by Crippen LogP contribution is 2.17. The highest BCUT2D eigenvalue weighted by molar-refractivity contribution is 5.78. The summed E-state index contributed by atoms with van der Waals surface area (Å²) in [5.41, 5.74) is 7.09. The molecule has 0 bridgehead atoms. The minimum atomic E-state index is 0.364. The summed E-state index contributed by atoms with van der Waals surface area (Å²) >= 11 is 0. The summed E-state index contributed by atoms with van der Waals surface area (Å²) < 4.78 is 0. The molecule has 1 aliphatic heterocycles. The zero-order valence-corrected chi connectivity index (χ0v) is 15.5. The van der Waals surface area contributed by atoms with Gasteiger partial charge in [0.1, 0.15) is 5.82 Å². The van der Waals surface area contributed by atoms with Gasteiger partial charge >= 0.3 is 0 Å². The SMILES string of the molecule is CC(C)CCCC(C)NC(N)=NCc1ccc(N2CCCC2)nc1. The molecule has 0 aromatic carbocycles. The standard InChI is InChI=1S/C19H33N5/c1-15(2)7-6-8-16(3)23-19(20)22-14-17-9-10-18(21-13-17)24-11-4-5-12-24/h9-10,13,15-16H,4-8,11-12,14H2,1-3H3,(H3,20,22,23). The van der Waals surface area contributed by atoms with Crippen LogP contribution in [0.3, 0.4) is 0 Å². The van der Waals surface area contributed by atoms with Crippen molar-refractivity contribution in [2.24, 2.45) is 16.6 Å². The van der Waals surface area contributed by atoms with Crippen LogP contribution in [0.15, 0.2) is 23.3 Å². The molecular formula is C19H33N5. The molecule has 5 heteroatoms. The first-order chi connectivity index (χ1) is 11.5. The van der Waals surface area contributed by atoms with Crippen molar-refractivity contribution < 1.29 is 0 Å². The Hall–Kier alpha value is -1.78. The third-order valence-corrected chi connectivity index (χ3v) is 4.48. The van der Waals surface area contributed by atoms with Crippen LogP contribution in [-0.4, -0.2) is 30.1 Å². The fourth-order valence-electron chi connectivity index (χ4n) is 3.02. The lowest BCUT2D eigenvalue weighted by Gasteiger charge is -2.16. The van der Waals surface area contributed by atoms with Crippen LogP contribution in [0.4, 0.5) is 5.82 Å². The number of hydrogen-bond acceptors (Lipinski definition) is 3. The number of rotatable bonds is 8. The second-order valence-corrected chi connectivity index (χ2v) is 7.29. The van der Waals surface area contributed by atoms with E-state index in [1.807, 2.05) is 6.20 Å². The van der Waals surface area contributed by atoms with Crippen LogP contribution < -0.4 is 16.0 Å². The third-order valence-electron chi connectivity index (χ3n) is 4.48. The molecule has 24 heavy (non-hydrogen) atoms. The first-order valence-electron chi connectivity index (χ1n) is 9.31. The molecule has 0 spiro atoms. The predicted molar refractivity (Wildman–Crippen MR) is 102 cm³/mol. The number of aliphatic imine (C=N–C) groups is 1. The molecule has 1 aromatic heterocycles. The summed E-state index contributed by atoms with van der Waals surface area (Å²) in [6, 6.07) is 4.56. The van der Waals surface area contributed by atoms with Gasteiger partial charge in [-0.25, -0.2) is 9.98 Å². The zero-order valence-electron chi connectivity index (χ0n) is 15.5. The molecule has 0 amide bonds.